The summed E-state index contributed by atoms with van der Waals surface area (Å²) in [5, 5.41) is 9.33. The number of rotatable bonds is 5. The molecule has 1 rings (SSSR count). The molecule has 2 unspecified atom stereocenters. The second-order valence-corrected chi connectivity index (χ2v) is 4.63. The maximum Gasteiger partial charge on any atom is 0.0549 e. The second kappa shape index (κ2) is 6.26. The summed E-state index contributed by atoms with van der Waals surface area (Å²) in [4.78, 5) is 0. The highest BCUT2D eigenvalue weighted by Gasteiger charge is 2.13. The number of hydrogen-bond donors (Lipinski definition) is 1. The maximum absolute atomic E-state index is 9.33. The fourth-order valence-electron chi connectivity index (χ4n) is 1.55. The van der Waals surface area contributed by atoms with Crippen LogP contribution >= 0.6 is 15.9 Å². The molecular weight excluding hydrogens is 256 g/mol. The Kier molecular flexibility index (Phi) is 5.29. The summed E-state index contributed by atoms with van der Waals surface area (Å²) in [6.45, 7) is 2.18. The van der Waals surface area contributed by atoms with Crippen LogP contribution < -0.4 is 0 Å². The lowest BCUT2D eigenvalue weighted by Crippen LogP contribution is -2.14. The van der Waals surface area contributed by atoms with Gasteiger partial charge in [-0.3, -0.25) is 0 Å². The third-order valence-corrected chi connectivity index (χ3v) is 3.11. The van der Waals surface area contributed by atoms with Gasteiger partial charge >= 0.3 is 0 Å². The number of halogens is 1. The molecule has 0 spiro atoms. The maximum atomic E-state index is 9.33. The van der Waals surface area contributed by atoms with Gasteiger partial charge in [-0.1, -0.05) is 28.1 Å². The molecule has 0 aliphatic rings. The molecule has 1 aromatic carbocycles. The molecule has 2 nitrogen and oxygen atoms in total. The van der Waals surface area contributed by atoms with Crippen LogP contribution in [0.3, 0.4) is 0 Å². The van der Waals surface area contributed by atoms with Gasteiger partial charge in [0.1, 0.15) is 0 Å². The standard InChI is InChI=1S/C12H17BrO2/c1-9(15-2)7-11(8-14)10-3-5-12(13)6-4-10/h3-6,9,11,14H,7-8H2,1-2H3. The second-order valence-electron chi connectivity index (χ2n) is 3.71. The molecule has 0 amide bonds. The fourth-order valence-corrected chi connectivity index (χ4v) is 1.81. The predicted molar refractivity (Wildman–Crippen MR) is 65.1 cm³/mol. The van der Waals surface area contributed by atoms with Crippen molar-refractivity contribution < 1.29 is 9.84 Å². The lowest BCUT2D eigenvalue weighted by Gasteiger charge is -2.18. The number of ether oxygens (including phenoxy) is 1. The minimum absolute atomic E-state index is 0.160. The van der Waals surface area contributed by atoms with Crippen molar-refractivity contribution in [2.24, 2.45) is 0 Å². The van der Waals surface area contributed by atoms with E-state index >= 15 is 0 Å². The molecule has 0 fully saturated rings. The highest BCUT2D eigenvalue weighted by atomic mass is 79.9. The first-order valence-electron chi connectivity index (χ1n) is 5.06. The van der Waals surface area contributed by atoms with Gasteiger partial charge in [-0.05, 0) is 31.0 Å². The Bertz CT molecular complexity index is 284. The van der Waals surface area contributed by atoms with Crippen molar-refractivity contribution in [3.8, 4) is 0 Å². The van der Waals surface area contributed by atoms with E-state index < -0.39 is 0 Å². The van der Waals surface area contributed by atoms with Crippen LogP contribution in [-0.2, 0) is 4.74 Å². The number of aliphatic hydroxyl groups excluding tert-OH is 1. The van der Waals surface area contributed by atoms with Gasteiger partial charge < -0.3 is 9.84 Å². The molecule has 0 saturated heterocycles. The van der Waals surface area contributed by atoms with Crippen molar-refractivity contribution in [2.75, 3.05) is 13.7 Å². The Morgan fingerprint density at radius 3 is 2.40 bits per heavy atom. The molecule has 0 saturated carbocycles. The summed E-state index contributed by atoms with van der Waals surface area (Å²) >= 11 is 3.39. The SMILES string of the molecule is COC(C)CC(CO)c1ccc(Br)cc1. The lowest BCUT2D eigenvalue weighted by molar-refractivity contribution is 0.0950. The Morgan fingerprint density at radius 1 is 1.33 bits per heavy atom. The zero-order valence-corrected chi connectivity index (χ0v) is 10.7. The normalized spacial score (nSPS) is 14.9. The molecular formula is C12H17BrO2. The number of hydrogen-bond acceptors (Lipinski definition) is 2. The average Bonchev–Trinajstić information content (AvgIpc) is 2.27. The Labute approximate surface area is 99.4 Å². The fraction of sp³-hybridized carbons (Fsp3) is 0.500. The topological polar surface area (TPSA) is 29.5 Å². The van der Waals surface area contributed by atoms with E-state index in [9.17, 15) is 5.11 Å². The van der Waals surface area contributed by atoms with Gasteiger partial charge in [0.25, 0.3) is 0 Å². The minimum atomic E-state index is 0.160. The van der Waals surface area contributed by atoms with E-state index in [0.29, 0.717) is 0 Å². The average molecular weight is 273 g/mol. The quantitative estimate of drug-likeness (QED) is 0.893. The van der Waals surface area contributed by atoms with E-state index in [2.05, 4.69) is 15.9 Å². The highest BCUT2D eigenvalue weighted by Crippen LogP contribution is 2.23. The summed E-state index contributed by atoms with van der Waals surface area (Å²) in [6, 6.07) is 8.06. The van der Waals surface area contributed by atoms with Crippen molar-refractivity contribution in [1.29, 1.82) is 0 Å². The number of methoxy groups -OCH3 is 1. The Hall–Kier alpha value is -0.380. The van der Waals surface area contributed by atoms with Crippen LogP contribution in [0, 0.1) is 0 Å². The molecule has 0 bridgehead atoms. The van der Waals surface area contributed by atoms with Gasteiger partial charge in [0.05, 0.1) is 12.7 Å². The predicted octanol–water partition coefficient (Wildman–Crippen LogP) is 2.95. The van der Waals surface area contributed by atoms with E-state index in [1.165, 1.54) is 0 Å². The summed E-state index contributed by atoms with van der Waals surface area (Å²) in [5.41, 5.74) is 1.16. The number of aliphatic hydroxyl groups is 1. The van der Waals surface area contributed by atoms with Gasteiger partial charge in [-0.2, -0.15) is 0 Å². The van der Waals surface area contributed by atoms with E-state index in [4.69, 9.17) is 4.74 Å². The van der Waals surface area contributed by atoms with Crippen molar-refractivity contribution in [2.45, 2.75) is 25.4 Å². The van der Waals surface area contributed by atoms with Crippen LogP contribution in [0.5, 0.6) is 0 Å². The minimum Gasteiger partial charge on any atom is -0.396 e. The van der Waals surface area contributed by atoms with E-state index in [-0.39, 0.29) is 18.6 Å². The van der Waals surface area contributed by atoms with Gasteiger partial charge in [0.15, 0.2) is 0 Å². The van der Waals surface area contributed by atoms with Crippen LogP contribution in [0.25, 0.3) is 0 Å². The van der Waals surface area contributed by atoms with Crippen molar-refractivity contribution in [1.82, 2.24) is 0 Å². The van der Waals surface area contributed by atoms with E-state index in [1.54, 1.807) is 7.11 Å². The van der Waals surface area contributed by atoms with Crippen LogP contribution in [0.15, 0.2) is 28.7 Å². The summed E-state index contributed by atoms with van der Waals surface area (Å²) in [5.74, 6) is 0.160. The van der Waals surface area contributed by atoms with Gasteiger partial charge in [0.2, 0.25) is 0 Å². The van der Waals surface area contributed by atoms with Crippen LogP contribution in [0.2, 0.25) is 0 Å². The van der Waals surface area contributed by atoms with E-state index in [0.717, 1.165) is 16.5 Å². The van der Waals surface area contributed by atoms with E-state index in [1.807, 2.05) is 31.2 Å². The summed E-state index contributed by atoms with van der Waals surface area (Å²) in [7, 11) is 1.70. The number of benzene rings is 1. The first-order valence-corrected chi connectivity index (χ1v) is 5.85. The zero-order valence-electron chi connectivity index (χ0n) is 9.11. The molecule has 15 heavy (non-hydrogen) atoms. The molecule has 0 aromatic heterocycles. The van der Waals surface area contributed by atoms with Gasteiger partial charge in [-0.25, -0.2) is 0 Å². The molecule has 2 atom stereocenters. The molecule has 1 aromatic rings. The van der Waals surface area contributed by atoms with Crippen LogP contribution in [0.1, 0.15) is 24.8 Å². The van der Waals surface area contributed by atoms with Gasteiger partial charge in [-0.15, -0.1) is 0 Å². The van der Waals surface area contributed by atoms with Crippen LogP contribution in [-0.4, -0.2) is 24.9 Å². The molecule has 0 aliphatic carbocycles. The monoisotopic (exact) mass is 272 g/mol. The first-order chi connectivity index (χ1) is 7.17. The lowest BCUT2D eigenvalue weighted by atomic mass is 9.94. The molecule has 0 radical (unpaired) electrons. The molecule has 0 aliphatic heterocycles. The van der Waals surface area contributed by atoms with Crippen molar-refractivity contribution in [3.05, 3.63) is 34.3 Å². The molecule has 3 heteroatoms. The van der Waals surface area contributed by atoms with Crippen LogP contribution in [0.4, 0.5) is 0 Å². The Balaban J connectivity index is 2.69. The largest absolute Gasteiger partial charge is 0.396 e. The third-order valence-electron chi connectivity index (χ3n) is 2.58. The summed E-state index contributed by atoms with van der Waals surface area (Å²) < 4.78 is 6.27. The third kappa shape index (κ3) is 3.93. The smallest absolute Gasteiger partial charge is 0.0549 e. The molecule has 1 N–H and O–H groups in total. The zero-order chi connectivity index (χ0) is 11.3. The highest BCUT2D eigenvalue weighted by molar-refractivity contribution is 9.10. The molecule has 84 valence electrons. The summed E-state index contributed by atoms with van der Waals surface area (Å²) in [6.07, 6.45) is 1.01. The van der Waals surface area contributed by atoms with Gasteiger partial charge in [0, 0.05) is 17.5 Å². The molecule has 0 heterocycles. The Morgan fingerprint density at radius 2 is 1.93 bits per heavy atom. The first kappa shape index (κ1) is 12.7. The van der Waals surface area contributed by atoms with Crippen molar-refractivity contribution in [3.63, 3.8) is 0 Å². The van der Waals surface area contributed by atoms with Crippen molar-refractivity contribution >= 4 is 15.9 Å².